The Morgan fingerprint density at radius 1 is 1.00 bits per heavy atom. The molecule has 154 valence electrons. The van der Waals surface area contributed by atoms with Crippen molar-refractivity contribution in [1.29, 1.82) is 0 Å². The van der Waals surface area contributed by atoms with Crippen LogP contribution in [0, 0.1) is 16.0 Å². The van der Waals surface area contributed by atoms with E-state index in [2.05, 4.69) is 21.3 Å². The molecule has 0 aromatic heterocycles. The molecule has 0 aliphatic carbocycles. The molecule has 0 saturated carbocycles. The Labute approximate surface area is 169 Å². The third-order valence-corrected chi connectivity index (χ3v) is 4.11. The van der Waals surface area contributed by atoms with Crippen LogP contribution in [0.15, 0.2) is 54.6 Å². The fraction of sp³-hybridized carbons (Fsp3) is 0.300. The number of rotatable bonds is 9. The van der Waals surface area contributed by atoms with Crippen LogP contribution in [0.3, 0.4) is 0 Å². The SMILES string of the molecule is CC(C)C(NC(=O)Nc1ccccc1)C(=O)NCCNc1ccccc1[N+](=O)[O-]. The van der Waals surface area contributed by atoms with E-state index >= 15 is 0 Å². The summed E-state index contributed by atoms with van der Waals surface area (Å²) in [7, 11) is 0. The lowest BCUT2D eigenvalue weighted by Gasteiger charge is -2.22. The van der Waals surface area contributed by atoms with Crippen LogP contribution in [0.2, 0.25) is 0 Å². The summed E-state index contributed by atoms with van der Waals surface area (Å²) in [6.45, 7) is 4.21. The van der Waals surface area contributed by atoms with Gasteiger partial charge in [-0.3, -0.25) is 14.9 Å². The number of anilines is 2. The quantitative estimate of drug-likeness (QED) is 0.293. The van der Waals surface area contributed by atoms with E-state index in [1.807, 2.05) is 19.9 Å². The summed E-state index contributed by atoms with van der Waals surface area (Å²) in [4.78, 5) is 35.2. The first-order chi connectivity index (χ1) is 13.9. The maximum Gasteiger partial charge on any atom is 0.319 e. The molecule has 0 spiro atoms. The average Bonchev–Trinajstić information content (AvgIpc) is 2.70. The summed E-state index contributed by atoms with van der Waals surface area (Å²) in [6, 6.07) is 14.0. The van der Waals surface area contributed by atoms with Crippen molar-refractivity contribution >= 4 is 29.0 Å². The molecule has 3 amide bonds. The van der Waals surface area contributed by atoms with Crippen molar-refractivity contribution in [3.8, 4) is 0 Å². The van der Waals surface area contributed by atoms with Crippen LogP contribution < -0.4 is 21.3 Å². The summed E-state index contributed by atoms with van der Waals surface area (Å²) >= 11 is 0. The Balaban J connectivity index is 1.83. The van der Waals surface area contributed by atoms with E-state index in [0.29, 0.717) is 17.9 Å². The van der Waals surface area contributed by atoms with Crippen molar-refractivity contribution in [3.05, 3.63) is 64.7 Å². The second kappa shape index (κ2) is 10.6. The third-order valence-electron chi connectivity index (χ3n) is 4.11. The van der Waals surface area contributed by atoms with Gasteiger partial charge in [-0.05, 0) is 24.1 Å². The Morgan fingerprint density at radius 2 is 1.66 bits per heavy atom. The molecule has 2 aromatic carbocycles. The molecular weight excluding hydrogens is 374 g/mol. The Bertz CT molecular complexity index is 842. The number of carbonyl (C=O) groups excluding carboxylic acids is 2. The van der Waals surface area contributed by atoms with Crippen molar-refractivity contribution in [2.24, 2.45) is 5.92 Å². The van der Waals surface area contributed by atoms with Gasteiger partial charge in [0.05, 0.1) is 4.92 Å². The highest BCUT2D eigenvalue weighted by Gasteiger charge is 2.24. The van der Waals surface area contributed by atoms with Gasteiger partial charge in [0.1, 0.15) is 11.7 Å². The number of nitro benzene ring substituents is 1. The van der Waals surface area contributed by atoms with Gasteiger partial charge < -0.3 is 21.3 Å². The topological polar surface area (TPSA) is 125 Å². The maximum atomic E-state index is 12.5. The van der Waals surface area contributed by atoms with E-state index in [-0.39, 0.29) is 24.1 Å². The first kappa shape index (κ1) is 21.7. The molecule has 0 fully saturated rings. The Hall–Kier alpha value is -3.62. The van der Waals surface area contributed by atoms with Crippen molar-refractivity contribution in [3.63, 3.8) is 0 Å². The van der Waals surface area contributed by atoms with E-state index in [1.54, 1.807) is 42.5 Å². The average molecular weight is 399 g/mol. The molecule has 0 aliphatic heterocycles. The summed E-state index contributed by atoms with van der Waals surface area (Å²) in [6.07, 6.45) is 0. The van der Waals surface area contributed by atoms with Crippen LogP contribution in [0.1, 0.15) is 13.8 Å². The fourth-order valence-electron chi connectivity index (χ4n) is 2.64. The normalized spacial score (nSPS) is 11.4. The number of amides is 3. The van der Waals surface area contributed by atoms with Gasteiger partial charge in [-0.1, -0.05) is 44.2 Å². The molecule has 9 nitrogen and oxygen atoms in total. The lowest BCUT2D eigenvalue weighted by Crippen LogP contribution is -2.51. The van der Waals surface area contributed by atoms with Gasteiger partial charge in [-0.2, -0.15) is 0 Å². The largest absolute Gasteiger partial charge is 0.378 e. The van der Waals surface area contributed by atoms with Crippen molar-refractivity contribution in [2.75, 3.05) is 23.7 Å². The van der Waals surface area contributed by atoms with Gasteiger partial charge in [-0.25, -0.2) is 4.79 Å². The van der Waals surface area contributed by atoms with Crippen molar-refractivity contribution in [2.45, 2.75) is 19.9 Å². The highest BCUT2D eigenvalue weighted by Crippen LogP contribution is 2.22. The molecule has 0 aliphatic rings. The standard InChI is InChI=1S/C20H25N5O4/c1-14(2)18(24-20(27)23-15-8-4-3-5-9-15)19(26)22-13-12-21-16-10-6-7-11-17(16)25(28)29/h3-11,14,18,21H,12-13H2,1-2H3,(H,22,26)(H2,23,24,27). The van der Waals surface area contributed by atoms with Gasteiger partial charge in [0, 0.05) is 24.8 Å². The number of para-hydroxylation sites is 3. The van der Waals surface area contributed by atoms with Crippen LogP contribution in [0.25, 0.3) is 0 Å². The molecule has 2 rings (SSSR count). The zero-order valence-corrected chi connectivity index (χ0v) is 16.3. The Morgan fingerprint density at radius 3 is 2.31 bits per heavy atom. The number of benzene rings is 2. The van der Waals surface area contributed by atoms with Gasteiger partial charge in [0.15, 0.2) is 0 Å². The molecule has 0 bridgehead atoms. The Kier molecular flexibility index (Phi) is 7.96. The number of nitrogens with one attached hydrogen (secondary N) is 4. The molecular formula is C20H25N5O4. The van der Waals surface area contributed by atoms with Gasteiger partial charge in [0.2, 0.25) is 5.91 Å². The molecule has 1 unspecified atom stereocenters. The zero-order chi connectivity index (χ0) is 21.2. The molecule has 0 saturated heterocycles. The molecule has 1 atom stereocenters. The highest BCUT2D eigenvalue weighted by atomic mass is 16.6. The predicted molar refractivity (Wildman–Crippen MR) is 112 cm³/mol. The molecule has 9 heteroatoms. The second-order valence-corrected chi connectivity index (χ2v) is 6.68. The summed E-state index contributed by atoms with van der Waals surface area (Å²) in [5, 5.41) is 22.0. The van der Waals surface area contributed by atoms with E-state index in [9.17, 15) is 19.7 Å². The monoisotopic (exact) mass is 399 g/mol. The van der Waals surface area contributed by atoms with Crippen LogP contribution in [0.4, 0.5) is 21.9 Å². The van der Waals surface area contributed by atoms with Crippen molar-refractivity contribution in [1.82, 2.24) is 10.6 Å². The molecule has 0 radical (unpaired) electrons. The first-order valence-electron chi connectivity index (χ1n) is 9.26. The summed E-state index contributed by atoms with van der Waals surface area (Å²) < 4.78 is 0. The summed E-state index contributed by atoms with van der Waals surface area (Å²) in [5.41, 5.74) is 0.979. The van der Waals surface area contributed by atoms with Gasteiger partial charge >= 0.3 is 6.03 Å². The third kappa shape index (κ3) is 6.80. The lowest BCUT2D eigenvalue weighted by atomic mass is 10.0. The van der Waals surface area contributed by atoms with Gasteiger partial charge in [-0.15, -0.1) is 0 Å². The maximum absolute atomic E-state index is 12.5. The highest BCUT2D eigenvalue weighted by molar-refractivity contribution is 5.93. The molecule has 29 heavy (non-hydrogen) atoms. The first-order valence-corrected chi connectivity index (χ1v) is 9.26. The number of urea groups is 1. The fourth-order valence-corrected chi connectivity index (χ4v) is 2.64. The van der Waals surface area contributed by atoms with E-state index < -0.39 is 17.0 Å². The predicted octanol–water partition coefficient (Wildman–Crippen LogP) is 2.97. The molecule has 0 heterocycles. The van der Waals surface area contributed by atoms with E-state index in [1.165, 1.54) is 6.07 Å². The minimum Gasteiger partial charge on any atom is -0.378 e. The lowest BCUT2D eigenvalue weighted by molar-refractivity contribution is -0.384. The molecule has 4 N–H and O–H groups in total. The smallest absolute Gasteiger partial charge is 0.319 e. The zero-order valence-electron chi connectivity index (χ0n) is 16.3. The second-order valence-electron chi connectivity index (χ2n) is 6.68. The minimum absolute atomic E-state index is 0.0295. The number of hydrogen-bond donors (Lipinski definition) is 4. The number of hydrogen-bond acceptors (Lipinski definition) is 5. The van der Waals surface area contributed by atoms with Crippen molar-refractivity contribution < 1.29 is 14.5 Å². The number of carbonyl (C=O) groups is 2. The van der Waals surface area contributed by atoms with Gasteiger partial charge in [0.25, 0.3) is 5.69 Å². The van der Waals surface area contributed by atoms with E-state index in [4.69, 9.17) is 0 Å². The van der Waals surface area contributed by atoms with Crippen LogP contribution in [-0.4, -0.2) is 36.0 Å². The van der Waals surface area contributed by atoms with Crippen LogP contribution in [0.5, 0.6) is 0 Å². The minimum atomic E-state index is -0.718. The van der Waals surface area contributed by atoms with Crippen LogP contribution >= 0.6 is 0 Å². The number of nitrogens with zero attached hydrogens (tertiary/aromatic N) is 1. The number of nitro groups is 1. The van der Waals surface area contributed by atoms with Crippen LogP contribution in [-0.2, 0) is 4.79 Å². The molecule has 2 aromatic rings. The summed E-state index contributed by atoms with van der Waals surface area (Å²) in [5.74, 6) is -0.452. The van der Waals surface area contributed by atoms with E-state index in [0.717, 1.165) is 0 Å².